The molecule has 1 saturated carbocycles. The van der Waals surface area contributed by atoms with E-state index in [9.17, 15) is 23.4 Å². The van der Waals surface area contributed by atoms with Gasteiger partial charge in [0.25, 0.3) is 0 Å². The molecule has 4 atom stereocenters. The van der Waals surface area contributed by atoms with Crippen molar-refractivity contribution in [2.75, 3.05) is 13.1 Å². The van der Waals surface area contributed by atoms with E-state index in [1.807, 2.05) is 0 Å². The summed E-state index contributed by atoms with van der Waals surface area (Å²) in [7, 11) is 0. The van der Waals surface area contributed by atoms with Crippen LogP contribution in [0.3, 0.4) is 0 Å². The molecule has 3 nitrogen and oxygen atoms in total. The van der Waals surface area contributed by atoms with Crippen LogP contribution in [0.2, 0.25) is 0 Å². The van der Waals surface area contributed by atoms with Crippen molar-refractivity contribution in [2.24, 2.45) is 5.92 Å². The normalized spacial score (nSPS) is 35.0. The monoisotopic (exact) mass is 295 g/mol. The molecular formula is C14H24F3NO2. The molecule has 1 aliphatic heterocycles. The summed E-state index contributed by atoms with van der Waals surface area (Å²) in [6.07, 6.45) is -0.915. The summed E-state index contributed by atoms with van der Waals surface area (Å²) in [5, 5.41) is 19.4. The average Bonchev–Trinajstić information content (AvgIpc) is 2.39. The Labute approximate surface area is 117 Å². The second kappa shape index (κ2) is 6.62. The summed E-state index contributed by atoms with van der Waals surface area (Å²) < 4.78 is 37.6. The summed E-state index contributed by atoms with van der Waals surface area (Å²) in [6, 6.07) is -0.0175. The molecule has 0 amide bonds. The van der Waals surface area contributed by atoms with Crippen molar-refractivity contribution in [3.8, 4) is 0 Å². The molecule has 2 aliphatic rings. The van der Waals surface area contributed by atoms with E-state index in [2.05, 4.69) is 0 Å². The van der Waals surface area contributed by atoms with Gasteiger partial charge in [-0.2, -0.15) is 13.2 Å². The highest BCUT2D eigenvalue weighted by atomic mass is 19.4. The number of piperidine rings is 1. The Kier molecular flexibility index (Phi) is 5.31. The summed E-state index contributed by atoms with van der Waals surface area (Å²) >= 11 is 0. The molecule has 0 bridgehead atoms. The second-order valence-corrected chi connectivity index (χ2v) is 6.13. The third-order valence-corrected chi connectivity index (χ3v) is 4.73. The minimum atomic E-state index is -4.56. The number of hydrogen-bond acceptors (Lipinski definition) is 3. The maximum atomic E-state index is 12.5. The Morgan fingerprint density at radius 3 is 2.35 bits per heavy atom. The average molecular weight is 295 g/mol. The number of nitrogens with zero attached hydrogens (tertiary/aromatic N) is 1. The molecule has 2 rings (SSSR count). The number of aliphatic hydroxyl groups excluding tert-OH is 2. The lowest BCUT2D eigenvalue weighted by Gasteiger charge is -2.44. The van der Waals surface area contributed by atoms with E-state index in [0.717, 1.165) is 44.9 Å². The molecule has 0 radical (unpaired) electrons. The van der Waals surface area contributed by atoms with E-state index in [-0.39, 0.29) is 18.5 Å². The molecular weight excluding hydrogens is 271 g/mol. The van der Waals surface area contributed by atoms with Crippen LogP contribution < -0.4 is 0 Å². The number of alkyl halides is 3. The van der Waals surface area contributed by atoms with Gasteiger partial charge < -0.3 is 10.2 Å². The predicted molar refractivity (Wildman–Crippen MR) is 69.2 cm³/mol. The lowest BCUT2D eigenvalue weighted by molar-refractivity contribution is -0.211. The lowest BCUT2D eigenvalue weighted by Crippen LogP contribution is -2.52. The van der Waals surface area contributed by atoms with E-state index in [1.165, 1.54) is 0 Å². The zero-order valence-corrected chi connectivity index (χ0v) is 11.6. The van der Waals surface area contributed by atoms with Crippen molar-refractivity contribution in [3.05, 3.63) is 0 Å². The molecule has 0 spiro atoms. The summed E-state index contributed by atoms with van der Waals surface area (Å²) in [6.45, 7) is 0.221. The third-order valence-electron chi connectivity index (χ3n) is 4.73. The van der Waals surface area contributed by atoms with Gasteiger partial charge in [-0.25, -0.2) is 0 Å². The van der Waals surface area contributed by atoms with Crippen LogP contribution in [0.5, 0.6) is 0 Å². The number of likely N-dealkylation sites (tertiary alicyclic amines) is 1. The van der Waals surface area contributed by atoms with Crippen molar-refractivity contribution < 1.29 is 23.4 Å². The highest BCUT2D eigenvalue weighted by molar-refractivity contribution is 4.90. The summed E-state index contributed by atoms with van der Waals surface area (Å²) in [5.74, 6) is 0.0597. The van der Waals surface area contributed by atoms with Crippen LogP contribution in [-0.4, -0.2) is 52.6 Å². The fourth-order valence-electron chi connectivity index (χ4n) is 3.64. The van der Waals surface area contributed by atoms with Crippen molar-refractivity contribution in [1.82, 2.24) is 4.90 Å². The second-order valence-electron chi connectivity index (χ2n) is 6.13. The van der Waals surface area contributed by atoms with E-state index >= 15 is 0 Å². The first-order valence-electron chi connectivity index (χ1n) is 7.56. The summed E-state index contributed by atoms with van der Waals surface area (Å²) in [5.41, 5.74) is 0. The van der Waals surface area contributed by atoms with Crippen molar-refractivity contribution in [3.63, 3.8) is 0 Å². The molecule has 1 saturated heterocycles. The standard InChI is InChI=1S/C14H24F3NO2/c15-14(16,17)13(20)9-18-8-4-3-6-11(18)10-5-1-2-7-12(10)19/h10-13,19-20H,1-9H2. The number of halogens is 3. The van der Waals surface area contributed by atoms with Gasteiger partial charge in [-0.05, 0) is 32.2 Å². The first-order chi connectivity index (χ1) is 9.39. The molecule has 4 unspecified atom stereocenters. The Bertz CT molecular complexity index is 311. The highest BCUT2D eigenvalue weighted by Gasteiger charge is 2.42. The molecule has 20 heavy (non-hydrogen) atoms. The van der Waals surface area contributed by atoms with Crippen molar-refractivity contribution in [1.29, 1.82) is 0 Å². The Morgan fingerprint density at radius 2 is 1.70 bits per heavy atom. The van der Waals surface area contributed by atoms with Crippen LogP contribution in [-0.2, 0) is 0 Å². The SMILES string of the molecule is OC1CCCCC1C1CCCCN1CC(O)C(F)(F)F. The quantitative estimate of drug-likeness (QED) is 0.840. The topological polar surface area (TPSA) is 43.7 Å². The van der Waals surface area contributed by atoms with Crippen molar-refractivity contribution in [2.45, 2.75) is 69.4 Å². The molecule has 2 fully saturated rings. The van der Waals surface area contributed by atoms with E-state index < -0.39 is 18.4 Å². The van der Waals surface area contributed by atoms with Gasteiger partial charge in [0.05, 0.1) is 6.10 Å². The van der Waals surface area contributed by atoms with Gasteiger partial charge in [0.1, 0.15) is 0 Å². The molecule has 118 valence electrons. The van der Waals surface area contributed by atoms with Crippen LogP contribution in [0, 0.1) is 5.92 Å². The van der Waals surface area contributed by atoms with E-state index in [4.69, 9.17) is 0 Å². The van der Waals surface area contributed by atoms with Crippen molar-refractivity contribution >= 4 is 0 Å². The Balaban J connectivity index is 2.01. The van der Waals surface area contributed by atoms with Crippen LogP contribution in [0.15, 0.2) is 0 Å². The summed E-state index contributed by atoms with van der Waals surface area (Å²) in [4.78, 5) is 1.75. The van der Waals surface area contributed by atoms with Gasteiger partial charge in [-0.1, -0.05) is 19.3 Å². The number of aliphatic hydroxyl groups is 2. The Morgan fingerprint density at radius 1 is 1.05 bits per heavy atom. The van der Waals surface area contributed by atoms with Gasteiger partial charge in [-0.15, -0.1) is 0 Å². The Hall–Kier alpha value is -0.330. The van der Waals surface area contributed by atoms with Crippen LogP contribution in [0.1, 0.15) is 44.9 Å². The van der Waals surface area contributed by atoms with Gasteiger partial charge in [0.2, 0.25) is 0 Å². The minimum absolute atomic E-state index is 0.0175. The fraction of sp³-hybridized carbons (Fsp3) is 1.00. The smallest absolute Gasteiger partial charge is 0.393 e. The molecule has 1 aliphatic carbocycles. The van der Waals surface area contributed by atoms with Gasteiger partial charge in [0.15, 0.2) is 6.10 Å². The van der Waals surface area contributed by atoms with Gasteiger partial charge in [-0.3, -0.25) is 4.90 Å². The molecule has 6 heteroatoms. The molecule has 1 heterocycles. The van der Waals surface area contributed by atoms with Crippen LogP contribution >= 0.6 is 0 Å². The zero-order valence-electron chi connectivity index (χ0n) is 11.6. The first kappa shape index (κ1) is 16.0. The largest absolute Gasteiger partial charge is 0.415 e. The van der Waals surface area contributed by atoms with E-state index in [0.29, 0.717) is 6.54 Å². The van der Waals surface area contributed by atoms with E-state index in [1.54, 1.807) is 4.90 Å². The molecule has 0 aromatic rings. The molecule has 2 N–H and O–H groups in total. The number of β-amino-alcohol motifs (C(OH)–C–C–N with tert-alkyl or cyclic N) is 1. The third kappa shape index (κ3) is 3.86. The van der Waals surface area contributed by atoms with Crippen LogP contribution in [0.4, 0.5) is 13.2 Å². The molecule has 0 aromatic heterocycles. The zero-order chi connectivity index (χ0) is 14.8. The number of rotatable bonds is 3. The minimum Gasteiger partial charge on any atom is -0.393 e. The van der Waals surface area contributed by atoms with Gasteiger partial charge in [0, 0.05) is 18.5 Å². The number of hydrogen-bond donors (Lipinski definition) is 2. The van der Waals surface area contributed by atoms with Gasteiger partial charge >= 0.3 is 6.18 Å². The van der Waals surface area contributed by atoms with Crippen LogP contribution in [0.25, 0.3) is 0 Å². The highest BCUT2D eigenvalue weighted by Crippen LogP contribution is 2.34. The maximum absolute atomic E-state index is 12.5. The lowest BCUT2D eigenvalue weighted by atomic mass is 9.78. The predicted octanol–water partition coefficient (Wildman–Crippen LogP) is 2.32. The molecule has 0 aromatic carbocycles. The maximum Gasteiger partial charge on any atom is 0.415 e. The fourth-order valence-corrected chi connectivity index (χ4v) is 3.64. The first-order valence-corrected chi connectivity index (χ1v) is 7.56.